The van der Waals surface area contributed by atoms with Crippen molar-refractivity contribution in [1.29, 1.82) is 0 Å². The molecule has 1 aromatic carbocycles. The van der Waals surface area contributed by atoms with Crippen LogP contribution in [-0.2, 0) is 16.6 Å². The van der Waals surface area contributed by atoms with Crippen LogP contribution in [0.4, 0.5) is 0 Å². The van der Waals surface area contributed by atoms with Gasteiger partial charge >= 0.3 is 0 Å². The molecule has 0 radical (unpaired) electrons. The molecule has 2 aliphatic heterocycles. The second-order valence-corrected chi connectivity index (χ2v) is 8.63. The van der Waals surface area contributed by atoms with Crippen molar-refractivity contribution in [2.24, 2.45) is 0 Å². The van der Waals surface area contributed by atoms with Gasteiger partial charge in [0.15, 0.2) is 0 Å². The van der Waals surface area contributed by atoms with Crippen LogP contribution in [0, 0.1) is 0 Å². The molecule has 2 saturated heterocycles. The Labute approximate surface area is 144 Å². The zero-order valence-corrected chi connectivity index (χ0v) is 15.1. The van der Waals surface area contributed by atoms with Crippen LogP contribution in [0.5, 0.6) is 5.75 Å². The summed E-state index contributed by atoms with van der Waals surface area (Å²) in [4.78, 5) is 2.30. The molecule has 0 spiro atoms. The molecule has 0 saturated carbocycles. The van der Waals surface area contributed by atoms with Gasteiger partial charge in [-0.2, -0.15) is 4.31 Å². The van der Waals surface area contributed by atoms with Gasteiger partial charge in [-0.25, -0.2) is 8.42 Å². The molecule has 0 amide bonds. The average molecular weight is 353 g/mol. The van der Waals surface area contributed by atoms with Crippen molar-refractivity contribution in [3.8, 4) is 5.75 Å². The molecular formula is C17H27N3O3S. The summed E-state index contributed by atoms with van der Waals surface area (Å²) in [5.41, 5.74) is 1.24. The third kappa shape index (κ3) is 4.92. The Balaban J connectivity index is 1.48. The Morgan fingerprint density at radius 1 is 1.08 bits per heavy atom. The number of rotatable bonds is 5. The fraction of sp³-hybridized carbons (Fsp3) is 0.647. The van der Waals surface area contributed by atoms with Crippen LogP contribution in [0.2, 0.25) is 0 Å². The fourth-order valence-corrected chi connectivity index (χ4v) is 4.08. The first kappa shape index (κ1) is 17.7. The molecule has 1 aromatic rings. The van der Waals surface area contributed by atoms with Gasteiger partial charge in [0.05, 0.1) is 6.26 Å². The summed E-state index contributed by atoms with van der Waals surface area (Å²) in [7, 11) is -3.06. The van der Waals surface area contributed by atoms with Crippen molar-refractivity contribution < 1.29 is 13.2 Å². The van der Waals surface area contributed by atoms with Gasteiger partial charge in [-0.15, -0.1) is 0 Å². The Bertz CT molecular complexity index is 619. The quantitative estimate of drug-likeness (QED) is 0.852. The van der Waals surface area contributed by atoms with E-state index in [-0.39, 0.29) is 0 Å². The summed E-state index contributed by atoms with van der Waals surface area (Å²) in [6, 6.07) is 8.31. The van der Waals surface area contributed by atoms with Crippen molar-refractivity contribution in [3.63, 3.8) is 0 Å². The smallest absolute Gasteiger partial charge is 0.211 e. The Kier molecular flexibility index (Phi) is 5.76. The number of sulfonamides is 1. The van der Waals surface area contributed by atoms with E-state index in [1.807, 2.05) is 12.1 Å². The van der Waals surface area contributed by atoms with Gasteiger partial charge in [-0.05, 0) is 43.6 Å². The highest BCUT2D eigenvalue weighted by Crippen LogP contribution is 2.19. The molecule has 0 atom stereocenters. The summed E-state index contributed by atoms with van der Waals surface area (Å²) in [5.74, 6) is 0.938. The van der Waals surface area contributed by atoms with Crippen LogP contribution in [0.25, 0.3) is 0 Å². The zero-order valence-electron chi connectivity index (χ0n) is 14.3. The number of piperidine rings is 1. The molecule has 0 unspecified atom stereocenters. The topological polar surface area (TPSA) is 61.9 Å². The lowest BCUT2D eigenvalue weighted by Gasteiger charge is -2.33. The molecule has 2 heterocycles. The third-order valence-electron chi connectivity index (χ3n) is 4.72. The molecule has 134 valence electrons. The summed E-state index contributed by atoms with van der Waals surface area (Å²) in [6.07, 6.45) is 3.73. The predicted molar refractivity (Wildman–Crippen MR) is 94.7 cm³/mol. The first-order valence-corrected chi connectivity index (χ1v) is 10.5. The molecule has 2 aliphatic rings. The van der Waals surface area contributed by atoms with Gasteiger partial charge in [-0.3, -0.25) is 4.90 Å². The number of nitrogens with zero attached hydrogens (tertiary/aromatic N) is 2. The van der Waals surface area contributed by atoms with Crippen molar-refractivity contribution in [1.82, 2.24) is 14.5 Å². The number of nitrogens with one attached hydrogen (secondary N) is 1. The predicted octanol–water partition coefficient (Wildman–Crippen LogP) is 0.895. The first-order valence-electron chi connectivity index (χ1n) is 8.64. The summed E-state index contributed by atoms with van der Waals surface area (Å²) < 4.78 is 30.7. The van der Waals surface area contributed by atoms with Crippen LogP contribution in [0.15, 0.2) is 24.3 Å². The standard InChI is InChI=1S/C17H27N3O3S/c1-24(21,22)20-12-10-19(11-13-20)14-15-2-4-16(5-3-15)23-17-6-8-18-9-7-17/h2-5,17-18H,6-14H2,1H3. The van der Waals surface area contributed by atoms with E-state index in [1.54, 1.807) is 4.31 Å². The molecule has 0 aromatic heterocycles. The average Bonchev–Trinajstić information content (AvgIpc) is 2.57. The van der Waals surface area contributed by atoms with Gasteiger partial charge < -0.3 is 10.1 Å². The highest BCUT2D eigenvalue weighted by molar-refractivity contribution is 7.88. The van der Waals surface area contributed by atoms with E-state index in [1.165, 1.54) is 11.8 Å². The van der Waals surface area contributed by atoms with Gasteiger partial charge in [0.2, 0.25) is 10.0 Å². The molecule has 24 heavy (non-hydrogen) atoms. The number of hydrogen-bond acceptors (Lipinski definition) is 5. The fourth-order valence-electron chi connectivity index (χ4n) is 3.26. The highest BCUT2D eigenvalue weighted by atomic mass is 32.2. The SMILES string of the molecule is CS(=O)(=O)N1CCN(Cc2ccc(OC3CCNCC3)cc2)CC1. The van der Waals surface area contributed by atoms with Crippen molar-refractivity contribution in [3.05, 3.63) is 29.8 Å². The summed E-state index contributed by atoms with van der Waals surface area (Å²) in [5, 5.41) is 3.34. The Hall–Kier alpha value is -1.15. The molecule has 2 fully saturated rings. The van der Waals surface area contributed by atoms with E-state index >= 15 is 0 Å². The maximum Gasteiger partial charge on any atom is 0.211 e. The van der Waals surface area contributed by atoms with Gasteiger partial charge in [-0.1, -0.05) is 12.1 Å². The molecular weight excluding hydrogens is 326 g/mol. The maximum absolute atomic E-state index is 11.5. The monoisotopic (exact) mass is 353 g/mol. The van der Waals surface area contributed by atoms with Crippen molar-refractivity contribution >= 4 is 10.0 Å². The van der Waals surface area contributed by atoms with Gasteiger partial charge in [0, 0.05) is 32.7 Å². The minimum atomic E-state index is -3.06. The van der Waals surface area contributed by atoms with Crippen LogP contribution < -0.4 is 10.1 Å². The van der Waals surface area contributed by atoms with E-state index in [2.05, 4.69) is 22.3 Å². The Morgan fingerprint density at radius 3 is 2.29 bits per heavy atom. The van der Waals surface area contributed by atoms with Crippen LogP contribution in [-0.4, -0.2) is 69.3 Å². The van der Waals surface area contributed by atoms with Gasteiger partial charge in [0.25, 0.3) is 0 Å². The number of piperazine rings is 1. The minimum absolute atomic E-state index is 0.321. The normalized spacial score (nSPS) is 21.7. The van der Waals surface area contributed by atoms with Crippen molar-refractivity contribution in [2.75, 3.05) is 45.5 Å². The zero-order chi connectivity index (χ0) is 17.0. The van der Waals surface area contributed by atoms with E-state index in [0.717, 1.165) is 51.3 Å². The molecule has 0 bridgehead atoms. The molecule has 3 rings (SSSR count). The summed E-state index contributed by atoms with van der Waals surface area (Å²) >= 11 is 0. The summed E-state index contributed by atoms with van der Waals surface area (Å²) in [6.45, 7) is 5.63. The second kappa shape index (κ2) is 7.82. The number of benzene rings is 1. The minimum Gasteiger partial charge on any atom is -0.490 e. The second-order valence-electron chi connectivity index (χ2n) is 6.65. The molecule has 1 N–H and O–H groups in total. The molecule has 0 aliphatic carbocycles. The third-order valence-corrected chi connectivity index (χ3v) is 6.02. The molecule has 6 nitrogen and oxygen atoms in total. The van der Waals surface area contributed by atoms with Crippen LogP contribution in [0.1, 0.15) is 18.4 Å². The van der Waals surface area contributed by atoms with E-state index < -0.39 is 10.0 Å². The number of ether oxygens (including phenoxy) is 1. The van der Waals surface area contributed by atoms with Crippen LogP contribution >= 0.6 is 0 Å². The van der Waals surface area contributed by atoms with Crippen LogP contribution in [0.3, 0.4) is 0 Å². The Morgan fingerprint density at radius 2 is 1.71 bits per heavy atom. The largest absolute Gasteiger partial charge is 0.490 e. The van der Waals surface area contributed by atoms with E-state index in [0.29, 0.717) is 19.2 Å². The van der Waals surface area contributed by atoms with Gasteiger partial charge in [0.1, 0.15) is 11.9 Å². The van der Waals surface area contributed by atoms with Crippen molar-refractivity contribution in [2.45, 2.75) is 25.5 Å². The highest BCUT2D eigenvalue weighted by Gasteiger charge is 2.23. The number of hydrogen-bond donors (Lipinski definition) is 1. The molecule has 7 heteroatoms. The lowest BCUT2D eigenvalue weighted by molar-refractivity contribution is 0.162. The lowest BCUT2D eigenvalue weighted by Crippen LogP contribution is -2.47. The van der Waals surface area contributed by atoms with E-state index in [4.69, 9.17) is 4.74 Å². The van der Waals surface area contributed by atoms with E-state index in [9.17, 15) is 8.42 Å². The maximum atomic E-state index is 11.5. The lowest BCUT2D eigenvalue weighted by atomic mass is 10.1. The first-order chi connectivity index (χ1) is 11.5.